The maximum Gasteiger partial charge on any atom is 0.259 e. The molecular weight excluding hydrogens is 372 g/mol. The summed E-state index contributed by atoms with van der Waals surface area (Å²) < 4.78 is 16.3. The molecule has 0 aromatic heterocycles. The predicted molar refractivity (Wildman–Crippen MR) is 110 cm³/mol. The maximum atomic E-state index is 11.7. The van der Waals surface area contributed by atoms with E-state index in [-0.39, 0.29) is 19.3 Å². The highest BCUT2D eigenvalue weighted by atomic mass is 16.7. The van der Waals surface area contributed by atoms with E-state index in [0.717, 1.165) is 22.6 Å². The molecule has 1 aliphatic rings. The molecule has 3 rings (SSSR count). The normalized spacial score (nSPS) is 12.4. The number of hydrogen-bond donors (Lipinski definition) is 2. The number of fused-ring (bicyclic) bond motifs is 1. The van der Waals surface area contributed by atoms with Gasteiger partial charge in [-0.2, -0.15) is 0 Å². The standard InChI is InChI=1S/C21H26N4O4/c1-22-21(24-12-16-7-8-18-19(10-16)29-14-28-18)23-11-15-5-4-6-17(9-15)27-13-20(26)25(2)3/h4-10H,11-14H2,1-3H3,(H2,22,23,24). The van der Waals surface area contributed by atoms with E-state index in [4.69, 9.17) is 14.2 Å². The number of carbonyl (C=O) groups excluding carboxylic acids is 1. The average molecular weight is 398 g/mol. The molecule has 0 aliphatic carbocycles. The van der Waals surface area contributed by atoms with E-state index in [1.165, 1.54) is 4.90 Å². The van der Waals surface area contributed by atoms with E-state index in [1.54, 1.807) is 21.1 Å². The molecule has 0 atom stereocenters. The SMILES string of the molecule is CN=C(NCc1cccc(OCC(=O)N(C)C)c1)NCc1ccc2c(c1)OCO2. The number of benzene rings is 2. The average Bonchev–Trinajstić information content (AvgIpc) is 3.20. The summed E-state index contributed by atoms with van der Waals surface area (Å²) in [7, 11) is 5.13. The van der Waals surface area contributed by atoms with Gasteiger partial charge in [0.1, 0.15) is 5.75 Å². The van der Waals surface area contributed by atoms with Gasteiger partial charge >= 0.3 is 0 Å². The lowest BCUT2D eigenvalue weighted by Gasteiger charge is -2.14. The van der Waals surface area contributed by atoms with Crippen LogP contribution in [0, 0.1) is 0 Å². The van der Waals surface area contributed by atoms with E-state index in [9.17, 15) is 4.79 Å². The van der Waals surface area contributed by atoms with Crippen molar-refractivity contribution in [3.63, 3.8) is 0 Å². The molecule has 0 radical (unpaired) electrons. The molecule has 8 heteroatoms. The van der Waals surface area contributed by atoms with E-state index in [1.807, 2.05) is 42.5 Å². The van der Waals surface area contributed by atoms with Crippen LogP contribution >= 0.6 is 0 Å². The van der Waals surface area contributed by atoms with Crippen LogP contribution in [0.4, 0.5) is 0 Å². The second kappa shape index (κ2) is 9.68. The monoisotopic (exact) mass is 398 g/mol. The molecule has 29 heavy (non-hydrogen) atoms. The molecule has 2 aromatic rings. The Morgan fingerprint density at radius 1 is 1.07 bits per heavy atom. The molecule has 0 spiro atoms. The number of nitrogens with one attached hydrogen (secondary N) is 2. The van der Waals surface area contributed by atoms with E-state index < -0.39 is 0 Å². The van der Waals surface area contributed by atoms with Crippen molar-refractivity contribution in [1.29, 1.82) is 0 Å². The number of nitrogens with zero attached hydrogens (tertiary/aromatic N) is 2. The van der Waals surface area contributed by atoms with Crippen LogP contribution in [0.3, 0.4) is 0 Å². The van der Waals surface area contributed by atoms with Crippen LogP contribution in [-0.4, -0.2) is 51.3 Å². The summed E-state index contributed by atoms with van der Waals surface area (Å²) >= 11 is 0. The number of amides is 1. The summed E-state index contributed by atoms with van der Waals surface area (Å²) in [5.41, 5.74) is 2.09. The van der Waals surface area contributed by atoms with Crippen LogP contribution in [0.15, 0.2) is 47.5 Å². The molecule has 8 nitrogen and oxygen atoms in total. The smallest absolute Gasteiger partial charge is 0.259 e. The molecular formula is C21H26N4O4. The minimum absolute atomic E-state index is 0.0165. The Labute approximate surface area is 170 Å². The third kappa shape index (κ3) is 5.78. The lowest BCUT2D eigenvalue weighted by molar-refractivity contribution is -0.130. The van der Waals surface area contributed by atoms with Gasteiger partial charge in [-0.25, -0.2) is 0 Å². The van der Waals surface area contributed by atoms with Gasteiger partial charge in [-0.15, -0.1) is 0 Å². The van der Waals surface area contributed by atoms with Crippen LogP contribution in [0.5, 0.6) is 17.2 Å². The highest BCUT2D eigenvalue weighted by Gasteiger charge is 2.13. The summed E-state index contributed by atoms with van der Waals surface area (Å²) in [6.45, 7) is 1.45. The minimum Gasteiger partial charge on any atom is -0.484 e. The summed E-state index contributed by atoms with van der Waals surface area (Å²) in [6.07, 6.45) is 0. The van der Waals surface area contributed by atoms with Crippen molar-refractivity contribution < 1.29 is 19.0 Å². The third-order valence-corrected chi connectivity index (χ3v) is 4.34. The van der Waals surface area contributed by atoms with Crippen molar-refractivity contribution >= 4 is 11.9 Å². The first-order valence-electron chi connectivity index (χ1n) is 9.30. The van der Waals surface area contributed by atoms with Crippen molar-refractivity contribution in [2.45, 2.75) is 13.1 Å². The number of aliphatic imine (C=N–C) groups is 1. The topological polar surface area (TPSA) is 84.4 Å². The lowest BCUT2D eigenvalue weighted by atomic mass is 10.2. The van der Waals surface area contributed by atoms with Crippen LogP contribution in [0.2, 0.25) is 0 Å². The number of rotatable bonds is 7. The lowest BCUT2D eigenvalue weighted by Crippen LogP contribution is -2.36. The van der Waals surface area contributed by atoms with E-state index in [0.29, 0.717) is 24.8 Å². The van der Waals surface area contributed by atoms with Crippen molar-refractivity contribution in [3.05, 3.63) is 53.6 Å². The number of ether oxygens (including phenoxy) is 3. The Morgan fingerprint density at radius 2 is 1.79 bits per heavy atom. The molecule has 0 saturated heterocycles. The Kier molecular flexibility index (Phi) is 6.78. The predicted octanol–water partition coefficient (Wildman–Crippen LogP) is 1.75. The number of guanidine groups is 1. The Balaban J connectivity index is 1.49. The first-order valence-corrected chi connectivity index (χ1v) is 9.30. The first-order chi connectivity index (χ1) is 14.0. The first kappa shape index (κ1) is 20.3. The highest BCUT2D eigenvalue weighted by Crippen LogP contribution is 2.32. The van der Waals surface area contributed by atoms with Gasteiger partial charge in [0.15, 0.2) is 24.1 Å². The summed E-state index contributed by atoms with van der Waals surface area (Å²) in [5.74, 6) is 2.78. The summed E-state index contributed by atoms with van der Waals surface area (Å²) in [5, 5.41) is 6.55. The van der Waals surface area contributed by atoms with Gasteiger partial charge in [0, 0.05) is 34.2 Å². The second-order valence-corrected chi connectivity index (χ2v) is 6.69. The number of hydrogen-bond acceptors (Lipinski definition) is 5. The van der Waals surface area contributed by atoms with Gasteiger partial charge in [0.2, 0.25) is 6.79 Å². The largest absolute Gasteiger partial charge is 0.484 e. The molecule has 2 aromatic carbocycles. The van der Waals surface area contributed by atoms with Crippen LogP contribution < -0.4 is 24.8 Å². The zero-order chi connectivity index (χ0) is 20.6. The zero-order valence-corrected chi connectivity index (χ0v) is 16.9. The minimum atomic E-state index is -0.0818. The molecule has 0 unspecified atom stereocenters. The summed E-state index contributed by atoms with van der Waals surface area (Å²) in [6, 6.07) is 13.5. The van der Waals surface area contributed by atoms with Gasteiger partial charge in [0.05, 0.1) is 0 Å². The fourth-order valence-electron chi connectivity index (χ4n) is 2.66. The zero-order valence-electron chi connectivity index (χ0n) is 16.9. The van der Waals surface area contributed by atoms with Crippen LogP contribution in [0.1, 0.15) is 11.1 Å². The quantitative estimate of drug-likeness (QED) is 0.546. The Bertz CT molecular complexity index is 883. The van der Waals surface area contributed by atoms with Crippen molar-refractivity contribution in [3.8, 4) is 17.2 Å². The molecule has 154 valence electrons. The van der Waals surface area contributed by atoms with Crippen LogP contribution in [-0.2, 0) is 17.9 Å². The van der Waals surface area contributed by atoms with Crippen molar-refractivity contribution in [1.82, 2.24) is 15.5 Å². The fraction of sp³-hybridized carbons (Fsp3) is 0.333. The number of likely N-dealkylation sites (N-methyl/N-ethyl adjacent to an activating group) is 1. The van der Waals surface area contributed by atoms with Crippen molar-refractivity contribution in [2.24, 2.45) is 4.99 Å². The molecule has 1 heterocycles. The third-order valence-electron chi connectivity index (χ3n) is 4.34. The Morgan fingerprint density at radius 3 is 2.52 bits per heavy atom. The maximum absolute atomic E-state index is 11.7. The second-order valence-electron chi connectivity index (χ2n) is 6.69. The van der Waals surface area contributed by atoms with Gasteiger partial charge in [-0.3, -0.25) is 9.79 Å². The highest BCUT2D eigenvalue weighted by molar-refractivity contribution is 5.79. The molecule has 0 saturated carbocycles. The van der Waals surface area contributed by atoms with E-state index >= 15 is 0 Å². The molecule has 0 bridgehead atoms. The van der Waals surface area contributed by atoms with Crippen LogP contribution in [0.25, 0.3) is 0 Å². The van der Waals surface area contributed by atoms with Crippen molar-refractivity contribution in [2.75, 3.05) is 34.5 Å². The van der Waals surface area contributed by atoms with Gasteiger partial charge < -0.3 is 29.7 Å². The van der Waals surface area contributed by atoms with E-state index in [2.05, 4.69) is 15.6 Å². The summed E-state index contributed by atoms with van der Waals surface area (Å²) in [4.78, 5) is 17.4. The van der Waals surface area contributed by atoms with Gasteiger partial charge in [0.25, 0.3) is 5.91 Å². The molecule has 1 aliphatic heterocycles. The van der Waals surface area contributed by atoms with Gasteiger partial charge in [-0.05, 0) is 35.4 Å². The molecule has 0 fully saturated rings. The van der Waals surface area contributed by atoms with Gasteiger partial charge in [-0.1, -0.05) is 18.2 Å². The molecule has 2 N–H and O–H groups in total. The number of carbonyl (C=O) groups is 1. The molecule has 1 amide bonds. The fourth-order valence-corrected chi connectivity index (χ4v) is 2.66. The Hall–Kier alpha value is -3.42.